The van der Waals surface area contributed by atoms with Crippen LogP contribution < -0.4 is 10.6 Å². The van der Waals surface area contributed by atoms with Crippen molar-refractivity contribution in [1.82, 2.24) is 10.6 Å². The molecule has 1 saturated carbocycles. The molecule has 0 heterocycles. The van der Waals surface area contributed by atoms with Gasteiger partial charge in [-0.2, -0.15) is 0 Å². The van der Waals surface area contributed by atoms with E-state index in [1.807, 2.05) is 0 Å². The van der Waals surface area contributed by atoms with Gasteiger partial charge in [0.15, 0.2) is 0 Å². The molecule has 0 radical (unpaired) electrons. The van der Waals surface area contributed by atoms with E-state index in [2.05, 4.69) is 17.6 Å². The Morgan fingerprint density at radius 3 is 2.69 bits per heavy atom. The summed E-state index contributed by atoms with van der Waals surface area (Å²) in [6.07, 6.45) is 3.99. The lowest BCUT2D eigenvalue weighted by molar-refractivity contribution is -0.141. The molecule has 16 heavy (non-hydrogen) atoms. The predicted octanol–water partition coefficient (Wildman–Crippen LogP) is 1.34. The van der Waals surface area contributed by atoms with E-state index in [0.29, 0.717) is 19.4 Å². The Labute approximate surface area is 95.6 Å². The number of hydrogen-bond donors (Lipinski definition) is 3. The minimum atomic E-state index is -0.754. The van der Waals surface area contributed by atoms with Crippen molar-refractivity contribution >= 4 is 12.0 Å². The van der Waals surface area contributed by atoms with Gasteiger partial charge in [0.1, 0.15) is 0 Å². The Morgan fingerprint density at radius 1 is 1.38 bits per heavy atom. The van der Waals surface area contributed by atoms with Crippen molar-refractivity contribution in [3.8, 4) is 0 Å². The Morgan fingerprint density at radius 2 is 2.12 bits per heavy atom. The van der Waals surface area contributed by atoms with E-state index in [9.17, 15) is 9.59 Å². The van der Waals surface area contributed by atoms with Gasteiger partial charge in [-0.3, -0.25) is 4.79 Å². The van der Waals surface area contributed by atoms with E-state index in [0.717, 1.165) is 19.3 Å². The Hall–Kier alpha value is -1.26. The van der Waals surface area contributed by atoms with Crippen molar-refractivity contribution in [3.63, 3.8) is 0 Å². The number of rotatable bonds is 5. The molecule has 0 aromatic carbocycles. The number of hydrogen-bond acceptors (Lipinski definition) is 2. The minimum Gasteiger partial charge on any atom is -0.481 e. The zero-order valence-electron chi connectivity index (χ0n) is 9.66. The third kappa shape index (κ3) is 4.08. The largest absolute Gasteiger partial charge is 0.481 e. The van der Waals surface area contributed by atoms with E-state index < -0.39 is 5.97 Å². The summed E-state index contributed by atoms with van der Waals surface area (Å²) >= 11 is 0. The van der Waals surface area contributed by atoms with Crippen LogP contribution in [-0.4, -0.2) is 29.7 Å². The van der Waals surface area contributed by atoms with Crippen LogP contribution in [0.2, 0.25) is 0 Å². The molecule has 5 heteroatoms. The third-order valence-corrected chi connectivity index (χ3v) is 2.93. The lowest BCUT2D eigenvalue weighted by Gasteiger charge is -2.13. The van der Waals surface area contributed by atoms with Crippen molar-refractivity contribution in [2.45, 2.75) is 45.1 Å². The summed E-state index contributed by atoms with van der Waals surface area (Å²) in [5.74, 6) is -1.04. The average Bonchev–Trinajstić information content (AvgIpc) is 2.66. The second-order valence-corrected chi connectivity index (χ2v) is 4.30. The Balaban J connectivity index is 2.18. The number of carboxylic acids is 1. The van der Waals surface area contributed by atoms with Gasteiger partial charge in [-0.25, -0.2) is 4.79 Å². The number of unbranched alkanes of at least 4 members (excludes halogenated alkanes) is 1. The standard InChI is InChI=1S/C11H20N2O3/c1-2-3-6-12-11(16)13-9-5-4-8(7-9)10(14)15/h8-9H,2-7H2,1H3,(H,14,15)(H2,12,13,16)/t8-,9+/m1/s1. The molecule has 0 unspecified atom stereocenters. The molecular weight excluding hydrogens is 208 g/mol. The summed E-state index contributed by atoms with van der Waals surface area (Å²) in [5.41, 5.74) is 0. The number of amides is 2. The van der Waals surface area contributed by atoms with Crippen molar-refractivity contribution in [2.24, 2.45) is 5.92 Å². The van der Waals surface area contributed by atoms with Crippen LogP contribution in [0.1, 0.15) is 39.0 Å². The number of carboxylic acid groups (broad SMARTS) is 1. The zero-order chi connectivity index (χ0) is 12.0. The molecule has 2 amide bonds. The van der Waals surface area contributed by atoms with Crippen molar-refractivity contribution in [3.05, 3.63) is 0 Å². The van der Waals surface area contributed by atoms with Gasteiger partial charge in [-0.15, -0.1) is 0 Å². The van der Waals surface area contributed by atoms with Crippen LogP contribution in [0, 0.1) is 5.92 Å². The molecule has 0 bridgehead atoms. The maximum atomic E-state index is 11.4. The molecule has 3 N–H and O–H groups in total. The van der Waals surface area contributed by atoms with Crippen molar-refractivity contribution < 1.29 is 14.7 Å². The van der Waals surface area contributed by atoms with E-state index >= 15 is 0 Å². The molecule has 2 atom stereocenters. The summed E-state index contributed by atoms with van der Waals surface area (Å²) in [6, 6.07) is -0.160. The molecule has 1 aliphatic rings. The fraction of sp³-hybridized carbons (Fsp3) is 0.818. The summed E-state index contributed by atoms with van der Waals surface area (Å²) < 4.78 is 0. The monoisotopic (exact) mass is 228 g/mol. The summed E-state index contributed by atoms with van der Waals surface area (Å²) in [5, 5.41) is 14.4. The predicted molar refractivity (Wildman–Crippen MR) is 60.2 cm³/mol. The quantitative estimate of drug-likeness (QED) is 0.621. The van der Waals surface area contributed by atoms with Crippen LogP contribution in [0.5, 0.6) is 0 Å². The highest BCUT2D eigenvalue weighted by molar-refractivity contribution is 5.75. The molecule has 1 aliphatic carbocycles. The van der Waals surface area contributed by atoms with Gasteiger partial charge in [-0.05, 0) is 25.7 Å². The maximum absolute atomic E-state index is 11.4. The number of nitrogens with one attached hydrogen (secondary N) is 2. The van der Waals surface area contributed by atoms with Crippen LogP contribution >= 0.6 is 0 Å². The summed E-state index contributed by atoms with van der Waals surface area (Å²) in [7, 11) is 0. The van der Waals surface area contributed by atoms with Crippen LogP contribution in [0.4, 0.5) is 4.79 Å². The van der Waals surface area contributed by atoms with Gasteiger partial charge >= 0.3 is 12.0 Å². The zero-order valence-corrected chi connectivity index (χ0v) is 9.66. The minimum absolute atomic E-state index is 0.0164. The highest BCUT2D eigenvalue weighted by atomic mass is 16.4. The first kappa shape index (κ1) is 12.8. The summed E-state index contributed by atoms with van der Waals surface area (Å²) in [6.45, 7) is 2.74. The van der Waals surface area contributed by atoms with E-state index in [1.165, 1.54) is 0 Å². The first-order valence-corrected chi connectivity index (χ1v) is 5.90. The average molecular weight is 228 g/mol. The van der Waals surface area contributed by atoms with E-state index in [1.54, 1.807) is 0 Å². The van der Waals surface area contributed by atoms with Crippen molar-refractivity contribution in [2.75, 3.05) is 6.54 Å². The van der Waals surface area contributed by atoms with Crippen molar-refractivity contribution in [1.29, 1.82) is 0 Å². The van der Waals surface area contributed by atoms with Gasteiger partial charge in [0.25, 0.3) is 0 Å². The number of aliphatic carboxylic acids is 1. The third-order valence-electron chi connectivity index (χ3n) is 2.93. The Bertz CT molecular complexity index is 256. The van der Waals surface area contributed by atoms with Crippen LogP contribution in [0.15, 0.2) is 0 Å². The lowest BCUT2D eigenvalue weighted by atomic mass is 10.1. The first-order valence-electron chi connectivity index (χ1n) is 5.90. The normalized spacial score (nSPS) is 24.1. The molecule has 0 aromatic heterocycles. The van der Waals surface area contributed by atoms with Gasteiger partial charge in [0, 0.05) is 12.6 Å². The summed E-state index contributed by atoms with van der Waals surface area (Å²) in [4.78, 5) is 22.1. The molecule has 1 fully saturated rings. The van der Waals surface area contributed by atoms with Gasteiger partial charge in [0.05, 0.1) is 5.92 Å². The Kier molecular flexibility index (Phi) is 5.08. The smallest absolute Gasteiger partial charge is 0.315 e. The number of urea groups is 1. The maximum Gasteiger partial charge on any atom is 0.315 e. The van der Waals surface area contributed by atoms with Gasteiger partial charge in [-0.1, -0.05) is 13.3 Å². The number of carbonyl (C=O) groups is 2. The fourth-order valence-corrected chi connectivity index (χ4v) is 1.95. The lowest BCUT2D eigenvalue weighted by Crippen LogP contribution is -2.41. The molecule has 5 nitrogen and oxygen atoms in total. The van der Waals surface area contributed by atoms with Crippen LogP contribution in [-0.2, 0) is 4.79 Å². The highest BCUT2D eigenvalue weighted by Gasteiger charge is 2.30. The topological polar surface area (TPSA) is 78.4 Å². The van der Waals surface area contributed by atoms with Crippen LogP contribution in [0.3, 0.4) is 0 Å². The second-order valence-electron chi connectivity index (χ2n) is 4.30. The fourth-order valence-electron chi connectivity index (χ4n) is 1.95. The highest BCUT2D eigenvalue weighted by Crippen LogP contribution is 2.25. The molecule has 0 aromatic rings. The molecule has 1 rings (SSSR count). The molecular formula is C11H20N2O3. The second kappa shape index (κ2) is 6.35. The van der Waals surface area contributed by atoms with E-state index in [-0.39, 0.29) is 18.0 Å². The molecule has 0 spiro atoms. The SMILES string of the molecule is CCCCNC(=O)N[C@H]1CC[C@@H](C(=O)O)C1. The van der Waals surface area contributed by atoms with Gasteiger partial charge < -0.3 is 15.7 Å². The van der Waals surface area contributed by atoms with Crippen LogP contribution in [0.25, 0.3) is 0 Å². The molecule has 0 saturated heterocycles. The molecule has 0 aliphatic heterocycles. The first-order chi connectivity index (χ1) is 7.63. The molecule has 92 valence electrons. The van der Waals surface area contributed by atoms with Gasteiger partial charge in [0.2, 0.25) is 0 Å². The van der Waals surface area contributed by atoms with E-state index in [4.69, 9.17) is 5.11 Å². The number of carbonyl (C=O) groups excluding carboxylic acids is 1.